The van der Waals surface area contributed by atoms with Crippen LogP contribution in [0.15, 0.2) is 23.2 Å². The van der Waals surface area contributed by atoms with Crippen molar-refractivity contribution in [2.75, 3.05) is 12.3 Å². The summed E-state index contributed by atoms with van der Waals surface area (Å²) in [5.41, 5.74) is 5.56. The van der Waals surface area contributed by atoms with E-state index in [0.29, 0.717) is 0 Å². The van der Waals surface area contributed by atoms with E-state index < -0.39 is 16.1 Å². The molecule has 1 saturated carbocycles. The molecular weight excluding hydrogens is 266 g/mol. The van der Waals surface area contributed by atoms with Crippen LogP contribution in [0.5, 0.6) is 0 Å². The van der Waals surface area contributed by atoms with Crippen LogP contribution in [0.25, 0.3) is 0 Å². The Balaban J connectivity index is 2.04. The van der Waals surface area contributed by atoms with Crippen LogP contribution in [0, 0.1) is 5.92 Å². The number of pyridine rings is 1. The van der Waals surface area contributed by atoms with Crippen LogP contribution >= 0.6 is 0 Å². The summed E-state index contributed by atoms with van der Waals surface area (Å²) < 4.78 is 26.7. The van der Waals surface area contributed by atoms with Crippen molar-refractivity contribution in [2.45, 2.75) is 36.7 Å². The van der Waals surface area contributed by atoms with Crippen LogP contribution in [0.3, 0.4) is 0 Å². The SMILES string of the molecule is Nc1ncccc1S(=O)(=O)NCC1CCCCC1O. The van der Waals surface area contributed by atoms with Gasteiger partial charge in [-0.2, -0.15) is 0 Å². The second kappa shape index (κ2) is 5.85. The van der Waals surface area contributed by atoms with Gasteiger partial charge in [-0.3, -0.25) is 0 Å². The van der Waals surface area contributed by atoms with Crippen LogP contribution in [-0.2, 0) is 10.0 Å². The molecule has 6 nitrogen and oxygen atoms in total. The first-order valence-corrected chi connectivity index (χ1v) is 7.87. The quantitative estimate of drug-likeness (QED) is 0.747. The highest BCUT2D eigenvalue weighted by molar-refractivity contribution is 7.89. The average molecular weight is 285 g/mol. The smallest absolute Gasteiger partial charge is 0.244 e. The van der Waals surface area contributed by atoms with E-state index in [0.717, 1.165) is 25.7 Å². The van der Waals surface area contributed by atoms with Crippen molar-refractivity contribution < 1.29 is 13.5 Å². The molecule has 1 heterocycles. The van der Waals surface area contributed by atoms with Crippen molar-refractivity contribution in [3.8, 4) is 0 Å². The lowest BCUT2D eigenvalue weighted by Crippen LogP contribution is -2.36. The summed E-state index contributed by atoms with van der Waals surface area (Å²) in [5, 5.41) is 9.82. The van der Waals surface area contributed by atoms with Gasteiger partial charge in [-0.05, 0) is 30.9 Å². The highest BCUT2D eigenvalue weighted by Gasteiger charge is 2.25. The summed E-state index contributed by atoms with van der Waals surface area (Å²) >= 11 is 0. The lowest BCUT2D eigenvalue weighted by atomic mass is 9.87. The fourth-order valence-corrected chi connectivity index (χ4v) is 3.53. The largest absolute Gasteiger partial charge is 0.393 e. The number of nitrogens with two attached hydrogens (primary N) is 1. The molecule has 106 valence electrons. The number of sulfonamides is 1. The predicted molar refractivity (Wildman–Crippen MR) is 71.8 cm³/mol. The number of hydrogen-bond acceptors (Lipinski definition) is 5. The van der Waals surface area contributed by atoms with E-state index in [1.54, 1.807) is 0 Å². The zero-order valence-corrected chi connectivity index (χ0v) is 11.4. The van der Waals surface area contributed by atoms with Gasteiger partial charge in [0, 0.05) is 12.7 Å². The molecule has 1 aromatic heterocycles. The molecule has 2 unspecified atom stereocenters. The molecule has 0 spiro atoms. The molecule has 4 N–H and O–H groups in total. The Hall–Kier alpha value is -1.18. The van der Waals surface area contributed by atoms with E-state index in [9.17, 15) is 13.5 Å². The van der Waals surface area contributed by atoms with Crippen molar-refractivity contribution >= 4 is 15.8 Å². The van der Waals surface area contributed by atoms with Gasteiger partial charge in [0.25, 0.3) is 0 Å². The number of aromatic nitrogens is 1. The number of nitrogen functional groups attached to an aromatic ring is 1. The molecule has 1 aliphatic rings. The van der Waals surface area contributed by atoms with Gasteiger partial charge in [0.15, 0.2) is 0 Å². The van der Waals surface area contributed by atoms with E-state index in [4.69, 9.17) is 5.73 Å². The van der Waals surface area contributed by atoms with Gasteiger partial charge >= 0.3 is 0 Å². The number of nitrogens with zero attached hydrogens (tertiary/aromatic N) is 1. The van der Waals surface area contributed by atoms with Crippen LogP contribution in [0.1, 0.15) is 25.7 Å². The number of nitrogens with one attached hydrogen (secondary N) is 1. The standard InChI is InChI=1S/C12H19N3O3S/c13-12-11(6-3-7-14-12)19(17,18)15-8-9-4-1-2-5-10(9)16/h3,6-7,9-10,15-16H,1-2,4-5,8H2,(H2,13,14). The third kappa shape index (κ3) is 3.43. The van der Waals surface area contributed by atoms with Gasteiger partial charge in [-0.1, -0.05) is 12.8 Å². The summed E-state index contributed by atoms with van der Waals surface area (Å²) in [5.74, 6) is -0.0411. The molecule has 7 heteroatoms. The van der Waals surface area contributed by atoms with Gasteiger partial charge in [0.05, 0.1) is 6.10 Å². The minimum Gasteiger partial charge on any atom is -0.393 e. The molecule has 0 saturated heterocycles. The first kappa shape index (κ1) is 14.2. The Bertz CT molecular complexity index is 533. The van der Waals surface area contributed by atoms with Gasteiger partial charge in [0.2, 0.25) is 10.0 Å². The topological polar surface area (TPSA) is 105 Å². The molecule has 1 fully saturated rings. The maximum atomic E-state index is 12.1. The monoisotopic (exact) mass is 285 g/mol. The Morgan fingerprint density at radius 3 is 2.84 bits per heavy atom. The number of rotatable bonds is 4. The minimum atomic E-state index is -3.66. The summed E-state index contributed by atoms with van der Waals surface area (Å²) in [6, 6.07) is 2.95. The van der Waals surface area contributed by atoms with Crippen molar-refractivity contribution in [1.29, 1.82) is 0 Å². The van der Waals surface area contributed by atoms with E-state index in [1.165, 1.54) is 18.3 Å². The fourth-order valence-electron chi connectivity index (χ4n) is 2.35. The van der Waals surface area contributed by atoms with E-state index >= 15 is 0 Å². The summed E-state index contributed by atoms with van der Waals surface area (Å²) in [6.07, 6.45) is 4.62. The van der Waals surface area contributed by atoms with Crippen LogP contribution < -0.4 is 10.5 Å². The lowest BCUT2D eigenvalue weighted by Gasteiger charge is -2.27. The highest BCUT2D eigenvalue weighted by atomic mass is 32.2. The van der Waals surface area contributed by atoms with E-state index in [2.05, 4.69) is 9.71 Å². The van der Waals surface area contributed by atoms with Gasteiger partial charge in [-0.25, -0.2) is 18.1 Å². The summed E-state index contributed by atoms with van der Waals surface area (Å²) in [6.45, 7) is 0.234. The molecule has 19 heavy (non-hydrogen) atoms. The molecule has 0 aromatic carbocycles. The molecule has 2 atom stereocenters. The van der Waals surface area contributed by atoms with Gasteiger partial charge in [-0.15, -0.1) is 0 Å². The van der Waals surface area contributed by atoms with Crippen molar-refractivity contribution in [3.63, 3.8) is 0 Å². The predicted octanol–water partition coefficient (Wildman–Crippen LogP) is 0.493. The van der Waals surface area contributed by atoms with Crippen molar-refractivity contribution in [1.82, 2.24) is 9.71 Å². The van der Waals surface area contributed by atoms with Gasteiger partial charge < -0.3 is 10.8 Å². The Morgan fingerprint density at radius 2 is 2.16 bits per heavy atom. The van der Waals surface area contributed by atoms with Crippen LogP contribution in [-0.4, -0.2) is 31.2 Å². The maximum Gasteiger partial charge on any atom is 0.244 e. The Kier molecular flexibility index (Phi) is 4.38. The van der Waals surface area contributed by atoms with Crippen LogP contribution in [0.4, 0.5) is 5.82 Å². The zero-order valence-electron chi connectivity index (χ0n) is 10.6. The van der Waals surface area contributed by atoms with Gasteiger partial charge in [0.1, 0.15) is 10.7 Å². The van der Waals surface area contributed by atoms with E-state index in [1.807, 2.05) is 0 Å². The zero-order chi connectivity index (χ0) is 13.9. The molecule has 0 radical (unpaired) electrons. The third-order valence-electron chi connectivity index (χ3n) is 3.49. The highest BCUT2D eigenvalue weighted by Crippen LogP contribution is 2.24. The normalized spacial score (nSPS) is 24.3. The maximum absolute atomic E-state index is 12.1. The molecular formula is C12H19N3O3S. The second-order valence-electron chi connectivity index (χ2n) is 4.85. The summed E-state index contributed by atoms with van der Waals surface area (Å²) in [4.78, 5) is 3.75. The first-order chi connectivity index (χ1) is 9.00. The fraction of sp³-hybridized carbons (Fsp3) is 0.583. The number of aliphatic hydroxyl groups is 1. The average Bonchev–Trinajstić information content (AvgIpc) is 2.38. The molecule has 0 amide bonds. The number of anilines is 1. The Morgan fingerprint density at radius 1 is 1.42 bits per heavy atom. The lowest BCUT2D eigenvalue weighted by molar-refractivity contribution is 0.0724. The number of aliphatic hydroxyl groups excluding tert-OH is 1. The molecule has 0 aliphatic heterocycles. The second-order valence-corrected chi connectivity index (χ2v) is 6.59. The molecule has 1 aromatic rings. The minimum absolute atomic E-state index is 0.0136. The molecule has 2 rings (SSSR count). The summed E-state index contributed by atoms with van der Waals surface area (Å²) in [7, 11) is -3.66. The van der Waals surface area contributed by atoms with E-state index in [-0.39, 0.29) is 23.2 Å². The first-order valence-electron chi connectivity index (χ1n) is 6.39. The third-order valence-corrected chi connectivity index (χ3v) is 4.96. The van der Waals surface area contributed by atoms with Crippen molar-refractivity contribution in [3.05, 3.63) is 18.3 Å². The molecule has 1 aliphatic carbocycles. The Labute approximate surface area is 113 Å². The molecule has 0 bridgehead atoms. The number of hydrogen-bond donors (Lipinski definition) is 3. The van der Waals surface area contributed by atoms with Crippen LogP contribution in [0.2, 0.25) is 0 Å². The van der Waals surface area contributed by atoms with Crippen molar-refractivity contribution in [2.24, 2.45) is 5.92 Å².